The molecule has 112 heavy (non-hydrogen) atoms. The monoisotopic (exact) mass is 1600 g/mol. The Morgan fingerprint density at radius 1 is 0.589 bits per heavy atom. The van der Waals surface area contributed by atoms with Gasteiger partial charge in [-0.1, -0.05) is 66.7 Å². The molecule has 8 fully saturated rings. The zero-order valence-electron chi connectivity index (χ0n) is 67.2. The van der Waals surface area contributed by atoms with E-state index in [0.717, 1.165) is 19.6 Å². The first kappa shape index (κ1) is 90.5. The molecule has 634 valence electrons. The predicted octanol–water partition coefficient (Wildman–Crippen LogP) is 6.74. The number of carbonyl (C=O) groups is 12. The summed E-state index contributed by atoms with van der Waals surface area (Å²) in [4.78, 5) is 194. The van der Waals surface area contributed by atoms with Crippen molar-refractivity contribution in [3.05, 3.63) is 0 Å². The van der Waals surface area contributed by atoms with Crippen molar-refractivity contribution in [2.45, 2.75) is 280 Å². The molecule has 2 unspecified atom stereocenters. The van der Waals surface area contributed by atoms with Crippen LogP contribution in [0.15, 0.2) is 0 Å². The van der Waals surface area contributed by atoms with Gasteiger partial charge in [-0.25, -0.2) is 8.78 Å². The zero-order chi connectivity index (χ0) is 82.6. The van der Waals surface area contributed by atoms with Crippen molar-refractivity contribution >= 4 is 70.9 Å². The lowest BCUT2D eigenvalue weighted by molar-refractivity contribution is -0.219. The predicted molar refractivity (Wildman–Crippen MR) is 395 cm³/mol. The van der Waals surface area contributed by atoms with Crippen molar-refractivity contribution in [2.75, 3.05) is 101 Å². The number of alkyl halides is 8. The summed E-state index contributed by atoms with van der Waals surface area (Å²) in [5.41, 5.74) is -1.72. The fourth-order valence-electron chi connectivity index (χ4n) is 18.1. The van der Waals surface area contributed by atoms with E-state index in [4.69, 9.17) is 9.47 Å². The minimum atomic E-state index is -5.22. The summed E-state index contributed by atoms with van der Waals surface area (Å²) in [6, 6.07) is -11.4. The summed E-state index contributed by atoms with van der Waals surface area (Å²) >= 11 is 0. The number of amides is 12. The first-order chi connectivity index (χ1) is 52.7. The van der Waals surface area contributed by atoms with Crippen molar-refractivity contribution in [3.8, 4) is 0 Å². The van der Waals surface area contributed by atoms with Crippen LogP contribution in [0, 0.1) is 41.4 Å². The molecule has 3 N–H and O–H groups in total. The van der Waals surface area contributed by atoms with Crippen LogP contribution in [0.5, 0.6) is 0 Å². The zero-order valence-corrected chi connectivity index (χ0v) is 67.2. The smallest absolute Gasteiger partial charge is 0.378 e. The lowest BCUT2D eigenvalue weighted by atomic mass is 9.74. The normalized spacial score (nSPS) is 32.0. The molecule has 0 aromatic rings. The molecule has 8 rings (SSSR count). The fraction of sp³-hybridized carbons (Fsp3) is 0.846. The number of ether oxygens (including phenoxy) is 2. The average Bonchev–Trinajstić information content (AvgIpc) is 1.23. The first-order valence-corrected chi connectivity index (χ1v) is 40.7. The van der Waals surface area contributed by atoms with Crippen LogP contribution < -0.4 is 16.0 Å². The van der Waals surface area contributed by atoms with E-state index in [2.05, 4.69) is 16.0 Å². The number of carbonyl (C=O) groups excluding carboxylic acids is 12. The van der Waals surface area contributed by atoms with Crippen LogP contribution in [-0.2, 0) is 67.0 Å². The standard InChI is InChI=1S/C78H122F8N12O14/c1-12-36-112-59-29-33-98-66(59)68(103)89-76(30-19-31-76)75(110)95(11)65(50-20-16-17-21-50)74(109)94(10)57(71(106)96-34-37-111-38-35-96)43-61(100)93(9)56(39-46(3)4)67(102)88-64(47(5)13-2)73(108)91(7)45-62(101)92(8)55-22-15-14-18-32-97(72(55)107)58(42-48-23-26-51(27-24-48)77(81,82)83)70(105)90(6)44-60(99)87-54(69(98)104)28-25-49-40-52(79)63(53(80)41-49)78(84,85)86/h46-59,63-66H,12-45H2,1-11H3,(H,87,99)(H,88,102)(H,89,103)/t47-,48?,49?,51?,52?,53?,54-,55-,56-,57-,58-,59+,63?,64-,65-,66-/m0/s1. The third-order valence-electron chi connectivity index (χ3n) is 25.3. The highest BCUT2D eigenvalue weighted by molar-refractivity contribution is 6.01. The molecule has 8 aliphatic rings. The summed E-state index contributed by atoms with van der Waals surface area (Å²) in [6.45, 7) is 7.75. The summed E-state index contributed by atoms with van der Waals surface area (Å²) in [7, 11) is 8.13. The van der Waals surface area contributed by atoms with Crippen LogP contribution in [-0.4, -0.2) is 301 Å². The van der Waals surface area contributed by atoms with Gasteiger partial charge in [-0.05, 0) is 152 Å². The van der Waals surface area contributed by atoms with E-state index in [0.29, 0.717) is 64.2 Å². The number of hydrogen-bond acceptors (Lipinski definition) is 14. The van der Waals surface area contributed by atoms with Gasteiger partial charge in [-0.15, -0.1) is 0 Å². The average molecular weight is 1600 g/mol. The Hall–Kier alpha value is -7.00. The molecule has 0 aromatic carbocycles. The molecule has 26 nitrogen and oxygen atoms in total. The number of fused-ring (bicyclic) bond motifs is 3. The largest absolute Gasteiger partial charge is 0.397 e. The van der Waals surface area contributed by atoms with Crippen LogP contribution >= 0.6 is 0 Å². The number of halogens is 8. The number of morpholine rings is 1. The third kappa shape index (κ3) is 21.9. The van der Waals surface area contributed by atoms with Gasteiger partial charge >= 0.3 is 12.4 Å². The highest BCUT2D eigenvalue weighted by Crippen LogP contribution is 2.46. The Morgan fingerprint density at radius 3 is 1.79 bits per heavy atom. The second-order valence-electron chi connectivity index (χ2n) is 33.6. The van der Waals surface area contributed by atoms with Crippen LogP contribution in [0.4, 0.5) is 35.1 Å². The Morgan fingerprint density at radius 2 is 1.21 bits per heavy atom. The van der Waals surface area contributed by atoms with E-state index in [1.165, 1.54) is 66.8 Å². The molecule has 12 amide bonds. The molecule has 2 bridgehead atoms. The summed E-state index contributed by atoms with van der Waals surface area (Å²) in [5.74, 6) is -16.8. The number of nitrogens with zero attached hydrogens (tertiary/aromatic N) is 9. The number of likely N-dealkylation sites (N-methyl/N-ethyl adjacent to an activating group) is 6. The number of hydrogen-bond donors (Lipinski definition) is 3. The van der Waals surface area contributed by atoms with Gasteiger partial charge in [0, 0.05) is 75.1 Å². The van der Waals surface area contributed by atoms with Crippen LogP contribution in [0.25, 0.3) is 0 Å². The molecular formula is C78H122F8N12O14. The maximum Gasteiger partial charge on any atom is 0.397 e. The summed E-state index contributed by atoms with van der Waals surface area (Å²) in [6.07, 6.45) is -14.9. The Bertz CT molecular complexity index is 3280. The van der Waals surface area contributed by atoms with Gasteiger partial charge in [-0.2, -0.15) is 26.3 Å². The molecule has 0 radical (unpaired) electrons. The second kappa shape index (κ2) is 39.6. The van der Waals surface area contributed by atoms with E-state index in [-0.39, 0.29) is 123 Å². The fourth-order valence-corrected chi connectivity index (χ4v) is 18.1. The Balaban J connectivity index is 1.22. The van der Waals surface area contributed by atoms with Crippen molar-refractivity contribution < 1.29 is 102 Å². The second-order valence-corrected chi connectivity index (χ2v) is 33.6. The molecule has 4 aliphatic carbocycles. The van der Waals surface area contributed by atoms with E-state index in [1.807, 2.05) is 13.8 Å². The van der Waals surface area contributed by atoms with Crippen LogP contribution in [0.1, 0.15) is 195 Å². The highest BCUT2D eigenvalue weighted by Gasteiger charge is 2.57. The molecule has 1 spiro atoms. The quantitative estimate of drug-likeness (QED) is 0.152. The number of nitrogens with one attached hydrogen (secondary N) is 3. The molecule has 34 heteroatoms. The maximum absolute atomic E-state index is 15.8. The summed E-state index contributed by atoms with van der Waals surface area (Å²) < 4.78 is 128. The van der Waals surface area contributed by atoms with Gasteiger partial charge < -0.3 is 69.5 Å². The van der Waals surface area contributed by atoms with Gasteiger partial charge in [0.05, 0.1) is 44.7 Å². The maximum atomic E-state index is 15.8. The Labute approximate surface area is 653 Å². The van der Waals surface area contributed by atoms with Gasteiger partial charge in [-0.3, -0.25) is 57.5 Å². The van der Waals surface area contributed by atoms with Gasteiger partial charge in [0.2, 0.25) is 70.9 Å². The minimum absolute atomic E-state index is 0.00779. The topological polar surface area (TPSA) is 289 Å². The van der Waals surface area contributed by atoms with Gasteiger partial charge in [0.25, 0.3) is 0 Å². The summed E-state index contributed by atoms with van der Waals surface area (Å²) in [5, 5.41) is 8.50. The van der Waals surface area contributed by atoms with Crippen molar-refractivity contribution in [3.63, 3.8) is 0 Å². The lowest BCUT2D eigenvalue weighted by Crippen LogP contribution is -2.69. The Kier molecular flexibility index (Phi) is 32.0. The van der Waals surface area contributed by atoms with E-state index in [1.54, 1.807) is 20.8 Å². The van der Waals surface area contributed by atoms with Crippen molar-refractivity contribution in [1.29, 1.82) is 0 Å². The van der Waals surface area contributed by atoms with Crippen LogP contribution in [0.2, 0.25) is 0 Å². The molecule has 4 aliphatic heterocycles. The number of rotatable bonds is 14. The van der Waals surface area contributed by atoms with Gasteiger partial charge in [0.1, 0.15) is 72.1 Å². The molecule has 12 atom stereocenters. The highest BCUT2D eigenvalue weighted by atomic mass is 19.4. The van der Waals surface area contributed by atoms with Gasteiger partial charge in [0.15, 0.2) is 0 Å². The van der Waals surface area contributed by atoms with Crippen LogP contribution in [0.3, 0.4) is 0 Å². The third-order valence-corrected chi connectivity index (χ3v) is 25.3. The molecular weight excluding hydrogens is 1480 g/mol. The van der Waals surface area contributed by atoms with E-state index < -0.39 is 230 Å². The van der Waals surface area contributed by atoms with Crippen molar-refractivity contribution in [2.24, 2.45) is 41.4 Å². The molecule has 4 saturated carbocycles. The lowest BCUT2D eigenvalue weighted by Gasteiger charge is -2.47. The molecule has 4 saturated heterocycles. The molecule has 0 aromatic heterocycles. The van der Waals surface area contributed by atoms with Crippen molar-refractivity contribution in [1.82, 2.24) is 60.0 Å². The first-order valence-electron chi connectivity index (χ1n) is 40.7. The van der Waals surface area contributed by atoms with E-state index >= 15 is 51.9 Å². The van der Waals surface area contributed by atoms with E-state index in [9.17, 15) is 40.7 Å². The minimum Gasteiger partial charge on any atom is -0.378 e. The SMILES string of the molecule is CCCO[C@@H]1CCN2C(=O)[C@H](CCC3CC(F)C(C(F)(F)F)C(F)C3)NC(=O)CN(C)C(=O)[C@H](CC3CCC(C(F)(F)F)CC3)N3CCCCC[C@@H](C3=O)N(C)C(=O)CN(C)C(=O)[C@H]([C@@H](C)CC)NC(=O)[C@H](CC(C)C)N(C)C(=O)C[C@@H](C(=O)N3CCOCC3)N(C)C(=O)[C@H](C3CCCC3)N(C)C(=O)C3(CCC3)NC(=O)[C@H]12. The molecule has 4 heterocycles.